The Bertz CT molecular complexity index is 726. The molecular formula is C15H14N2O4. The van der Waals surface area contributed by atoms with Crippen LogP contribution in [0.15, 0.2) is 36.4 Å². The first-order valence-corrected chi connectivity index (χ1v) is 6.24. The third-order valence-corrected chi connectivity index (χ3v) is 3.10. The van der Waals surface area contributed by atoms with E-state index in [0.29, 0.717) is 5.69 Å². The molecule has 2 aromatic rings. The highest BCUT2D eigenvalue weighted by atomic mass is 16.6. The van der Waals surface area contributed by atoms with Gasteiger partial charge in [-0.05, 0) is 43.2 Å². The molecule has 6 heteroatoms. The fraction of sp³-hybridized carbons (Fsp3) is 0.133. The second kappa shape index (κ2) is 5.62. The number of aryl methyl sites for hydroxylation is 2. The molecule has 2 N–H and O–H groups in total. The Morgan fingerprint density at radius 3 is 2.52 bits per heavy atom. The molecular weight excluding hydrogens is 272 g/mol. The minimum Gasteiger partial charge on any atom is -0.477 e. The van der Waals surface area contributed by atoms with Crippen LogP contribution >= 0.6 is 0 Å². The highest BCUT2D eigenvalue weighted by Crippen LogP contribution is 2.26. The van der Waals surface area contributed by atoms with Gasteiger partial charge in [0.15, 0.2) is 0 Å². The number of benzene rings is 2. The minimum atomic E-state index is -1.33. The quantitative estimate of drug-likeness (QED) is 0.661. The monoisotopic (exact) mass is 286 g/mol. The number of carboxylic acid groups (broad SMARTS) is 1. The van der Waals surface area contributed by atoms with Gasteiger partial charge in [0.1, 0.15) is 5.56 Å². The molecule has 2 aromatic carbocycles. The molecule has 0 saturated heterocycles. The maximum absolute atomic E-state index is 11.1. The first kappa shape index (κ1) is 14.5. The Morgan fingerprint density at radius 2 is 1.90 bits per heavy atom. The number of nitrogens with zero attached hydrogens (tertiary/aromatic N) is 1. The van der Waals surface area contributed by atoms with E-state index in [1.54, 1.807) is 0 Å². The van der Waals surface area contributed by atoms with Crippen molar-refractivity contribution in [3.63, 3.8) is 0 Å². The molecule has 0 amide bonds. The lowest BCUT2D eigenvalue weighted by Gasteiger charge is -2.11. The summed E-state index contributed by atoms with van der Waals surface area (Å²) in [5.74, 6) is -1.33. The van der Waals surface area contributed by atoms with Crippen LogP contribution < -0.4 is 5.32 Å². The molecule has 0 aliphatic heterocycles. The van der Waals surface area contributed by atoms with E-state index in [2.05, 4.69) is 5.32 Å². The van der Waals surface area contributed by atoms with Gasteiger partial charge in [0.05, 0.1) is 4.92 Å². The molecule has 0 radical (unpaired) electrons. The summed E-state index contributed by atoms with van der Waals surface area (Å²) in [4.78, 5) is 21.2. The highest BCUT2D eigenvalue weighted by molar-refractivity contribution is 5.93. The minimum absolute atomic E-state index is 0.338. The van der Waals surface area contributed by atoms with Gasteiger partial charge in [0, 0.05) is 17.4 Å². The average molecular weight is 286 g/mol. The number of hydrogen-bond donors (Lipinski definition) is 2. The second-order valence-electron chi connectivity index (χ2n) is 4.74. The number of rotatable bonds is 4. The van der Waals surface area contributed by atoms with Gasteiger partial charge in [-0.2, -0.15) is 0 Å². The van der Waals surface area contributed by atoms with Crippen LogP contribution in [0.4, 0.5) is 17.1 Å². The van der Waals surface area contributed by atoms with Crippen LogP contribution in [0.5, 0.6) is 0 Å². The Morgan fingerprint density at radius 1 is 1.19 bits per heavy atom. The summed E-state index contributed by atoms with van der Waals surface area (Å²) in [6.45, 7) is 3.87. The maximum Gasteiger partial charge on any atom is 0.342 e. The smallest absolute Gasteiger partial charge is 0.342 e. The number of anilines is 2. The number of hydrogen-bond acceptors (Lipinski definition) is 4. The fourth-order valence-electron chi connectivity index (χ4n) is 1.97. The van der Waals surface area contributed by atoms with E-state index < -0.39 is 16.6 Å². The zero-order valence-corrected chi connectivity index (χ0v) is 11.6. The van der Waals surface area contributed by atoms with Gasteiger partial charge in [0.2, 0.25) is 0 Å². The predicted octanol–water partition coefficient (Wildman–Crippen LogP) is 3.65. The Labute approximate surface area is 121 Å². The van der Waals surface area contributed by atoms with Gasteiger partial charge in [-0.25, -0.2) is 4.79 Å². The van der Waals surface area contributed by atoms with Crippen LogP contribution in [0, 0.1) is 24.0 Å². The van der Waals surface area contributed by atoms with Crippen molar-refractivity contribution in [2.45, 2.75) is 13.8 Å². The van der Waals surface area contributed by atoms with Crippen molar-refractivity contribution in [3.8, 4) is 0 Å². The van der Waals surface area contributed by atoms with Gasteiger partial charge >= 0.3 is 5.97 Å². The van der Waals surface area contributed by atoms with Crippen LogP contribution in [0.2, 0.25) is 0 Å². The van der Waals surface area contributed by atoms with Crippen molar-refractivity contribution >= 4 is 23.0 Å². The summed E-state index contributed by atoms with van der Waals surface area (Å²) < 4.78 is 0. The molecule has 0 bridgehead atoms. The molecule has 6 nitrogen and oxygen atoms in total. The molecule has 0 heterocycles. The lowest BCUT2D eigenvalue weighted by Crippen LogP contribution is -2.04. The van der Waals surface area contributed by atoms with Crippen molar-refractivity contribution in [1.82, 2.24) is 0 Å². The van der Waals surface area contributed by atoms with Gasteiger partial charge < -0.3 is 10.4 Å². The number of nitrogens with one attached hydrogen (secondary N) is 1. The van der Waals surface area contributed by atoms with E-state index in [1.165, 1.54) is 18.2 Å². The van der Waals surface area contributed by atoms with Gasteiger partial charge in [-0.1, -0.05) is 12.1 Å². The Hall–Kier alpha value is -2.89. The molecule has 0 spiro atoms. The first-order valence-electron chi connectivity index (χ1n) is 6.24. The van der Waals surface area contributed by atoms with E-state index in [-0.39, 0.29) is 5.56 Å². The summed E-state index contributed by atoms with van der Waals surface area (Å²) in [7, 11) is 0. The topological polar surface area (TPSA) is 92.5 Å². The molecule has 0 aliphatic rings. The van der Waals surface area contributed by atoms with Crippen LogP contribution in [0.25, 0.3) is 0 Å². The zero-order valence-electron chi connectivity index (χ0n) is 11.6. The number of carbonyl (C=O) groups is 1. The van der Waals surface area contributed by atoms with E-state index in [1.807, 2.05) is 32.0 Å². The number of nitro groups is 1. The third kappa shape index (κ3) is 3.17. The molecule has 0 aliphatic carbocycles. The van der Waals surface area contributed by atoms with Crippen LogP contribution in [-0.2, 0) is 0 Å². The van der Waals surface area contributed by atoms with E-state index in [0.717, 1.165) is 16.8 Å². The lowest BCUT2D eigenvalue weighted by atomic mass is 10.1. The molecule has 108 valence electrons. The Kier molecular flexibility index (Phi) is 3.89. The van der Waals surface area contributed by atoms with Gasteiger partial charge in [0.25, 0.3) is 5.69 Å². The van der Waals surface area contributed by atoms with Crippen LogP contribution in [-0.4, -0.2) is 16.0 Å². The summed E-state index contributed by atoms with van der Waals surface area (Å²) in [5, 5.41) is 23.0. The summed E-state index contributed by atoms with van der Waals surface area (Å²) >= 11 is 0. The molecule has 0 fully saturated rings. The summed E-state index contributed by atoms with van der Waals surface area (Å²) in [5.41, 5.74) is 2.62. The largest absolute Gasteiger partial charge is 0.477 e. The molecule has 0 saturated carbocycles. The van der Waals surface area contributed by atoms with Crippen molar-refractivity contribution in [2.24, 2.45) is 0 Å². The number of carboxylic acids is 1. The van der Waals surface area contributed by atoms with Crippen molar-refractivity contribution in [3.05, 3.63) is 63.2 Å². The molecule has 0 aromatic heterocycles. The number of nitro benzene ring substituents is 1. The average Bonchev–Trinajstić information content (AvgIpc) is 2.42. The van der Waals surface area contributed by atoms with Crippen molar-refractivity contribution < 1.29 is 14.8 Å². The summed E-state index contributed by atoms with van der Waals surface area (Å²) in [6.07, 6.45) is 0. The molecule has 0 unspecified atom stereocenters. The van der Waals surface area contributed by atoms with Gasteiger partial charge in [-0.15, -0.1) is 0 Å². The predicted molar refractivity (Wildman–Crippen MR) is 79.3 cm³/mol. The first-order chi connectivity index (χ1) is 9.88. The van der Waals surface area contributed by atoms with E-state index >= 15 is 0 Å². The SMILES string of the molecule is Cc1ccc(C)c(Nc2ccc([N+](=O)[O-])c(C(=O)O)c2)c1. The maximum atomic E-state index is 11.1. The van der Waals surface area contributed by atoms with Crippen molar-refractivity contribution in [2.75, 3.05) is 5.32 Å². The second-order valence-corrected chi connectivity index (χ2v) is 4.74. The number of aromatic carboxylic acids is 1. The van der Waals surface area contributed by atoms with Crippen LogP contribution in [0.3, 0.4) is 0 Å². The lowest BCUT2D eigenvalue weighted by molar-refractivity contribution is -0.385. The van der Waals surface area contributed by atoms with Crippen molar-refractivity contribution in [1.29, 1.82) is 0 Å². The highest BCUT2D eigenvalue weighted by Gasteiger charge is 2.20. The van der Waals surface area contributed by atoms with Gasteiger partial charge in [-0.3, -0.25) is 10.1 Å². The van der Waals surface area contributed by atoms with Crippen LogP contribution in [0.1, 0.15) is 21.5 Å². The molecule has 0 atom stereocenters. The standard InChI is InChI=1S/C15H14N2O4/c1-9-3-4-10(2)13(7-9)16-11-5-6-14(17(20)21)12(8-11)15(18)19/h3-8,16H,1-2H3,(H,18,19). The third-order valence-electron chi connectivity index (χ3n) is 3.10. The molecule has 2 rings (SSSR count). The molecule has 21 heavy (non-hydrogen) atoms. The summed E-state index contributed by atoms with van der Waals surface area (Å²) in [6, 6.07) is 9.79. The fourth-order valence-corrected chi connectivity index (χ4v) is 1.97. The zero-order chi connectivity index (χ0) is 15.6. The van der Waals surface area contributed by atoms with E-state index in [4.69, 9.17) is 5.11 Å². The Balaban J connectivity index is 2.41. The normalized spacial score (nSPS) is 10.2. The van der Waals surface area contributed by atoms with E-state index in [9.17, 15) is 14.9 Å².